The number of aromatic nitrogens is 1. The molecule has 29 heavy (non-hydrogen) atoms. The Morgan fingerprint density at radius 1 is 1.17 bits per heavy atom. The van der Waals surface area contributed by atoms with E-state index in [1.54, 1.807) is 0 Å². The Morgan fingerprint density at radius 3 is 2.59 bits per heavy atom. The molecule has 0 aliphatic carbocycles. The summed E-state index contributed by atoms with van der Waals surface area (Å²) in [5.41, 5.74) is 0.381. The Balaban J connectivity index is 1.65. The number of halogens is 3. The summed E-state index contributed by atoms with van der Waals surface area (Å²) in [5.74, 6) is 2.06. The molecule has 0 saturated carbocycles. The lowest BCUT2D eigenvalue weighted by atomic mass is 10.0. The molecule has 0 N–H and O–H groups in total. The number of hydrogen-bond donors (Lipinski definition) is 0. The summed E-state index contributed by atoms with van der Waals surface area (Å²) in [5, 5.41) is 0. The van der Waals surface area contributed by atoms with Crippen LogP contribution in [0, 0.1) is 6.92 Å². The summed E-state index contributed by atoms with van der Waals surface area (Å²) in [6.07, 6.45) is -1.03. The van der Waals surface area contributed by atoms with Gasteiger partial charge in [0.15, 0.2) is 11.5 Å². The largest absolute Gasteiger partial charge is 0.490 e. The normalized spacial score (nSPS) is 19.9. The summed E-state index contributed by atoms with van der Waals surface area (Å²) in [6, 6.07) is 8.55. The second-order valence-corrected chi connectivity index (χ2v) is 7.51. The van der Waals surface area contributed by atoms with Crippen LogP contribution in [0.5, 0.6) is 11.5 Å². The van der Waals surface area contributed by atoms with E-state index in [2.05, 4.69) is 11.9 Å². The fraction of sp³-hybridized carbons (Fsp3) is 0.500. The topological polar surface area (TPSA) is 34.6 Å². The van der Waals surface area contributed by atoms with Crippen molar-refractivity contribution in [1.82, 2.24) is 4.98 Å². The zero-order chi connectivity index (χ0) is 21.0. The Hall–Kier alpha value is -2.44. The molecule has 7 heteroatoms. The summed E-state index contributed by atoms with van der Waals surface area (Å²) >= 11 is 0. The van der Waals surface area contributed by atoms with Gasteiger partial charge in [-0.2, -0.15) is 13.2 Å². The molecule has 2 aromatic rings. The molecule has 0 amide bonds. The number of aryl methyl sites for hydroxylation is 1. The highest BCUT2D eigenvalue weighted by Crippen LogP contribution is 2.34. The van der Waals surface area contributed by atoms with Gasteiger partial charge in [-0.25, -0.2) is 4.98 Å². The Morgan fingerprint density at radius 2 is 1.97 bits per heavy atom. The zero-order valence-corrected chi connectivity index (χ0v) is 17.0. The molecule has 158 valence electrons. The second kappa shape index (κ2) is 8.93. The zero-order valence-electron chi connectivity index (χ0n) is 17.0. The van der Waals surface area contributed by atoms with Gasteiger partial charge in [-0.05, 0) is 50.1 Å². The molecule has 1 aliphatic heterocycles. The van der Waals surface area contributed by atoms with Crippen molar-refractivity contribution in [3.8, 4) is 11.5 Å². The summed E-state index contributed by atoms with van der Waals surface area (Å²) < 4.78 is 50.3. The lowest BCUT2D eigenvalue weighted by Crippen LogP contribution is -2.44. The number of alkyl halides is 3. The van der Waals surface area contributed by atoms with Gasteiger partial charge in [-0.1, -0.05) is 13.0 Å². The van der Waals surface area contributed by atoms with E-state index in [1.807, 2.05) is 36.9 Å². The van der Waals surface area contributed by atoms with Crippen molar-refractivity contribution in [3.05, 3.63) is 47.7 Å². The molecule has 3 rings (SSSR count). The number of ether oxygens (including phenoxy) is 2. The van der Waals surface area contributed by atoms with Crippen molar-refractivity contribution in [2.24, 2.45) is 0 Å². The minimum absolute atomic E-state index is 0.0161. The van der Waals surface area contributed by atoms with E-state index >= 15 is 0 Å². The second-order valence-electron chi connectivity index (χ2n) is 7.51. The predicted octanol–water partition coefficient (Wildman–Crippen LogP) is 5.63. The number of pyridine rings is 1. The maximum Gasteiger partial charge on any atom is 0.417 e. The number of rotatable bonds is 6. The van der Waals surface area contributed by atoms with Crippen molar-refractivity contribution in [2.75, 3.05) is 18.1 Å². The molecule has 0 bridgehead atoms. The van der Waals surface area contributed by atoms with Gasteiger partial charge in [0.1, 0.15) is 11.9 Å². The number of anilines is 1. The van der Waals surface area contributed by atoms with Crippen molar-refractivity contribution in [1.29, 1.82) is 0 Å². The van der Waals surface area contributed by atoms with Crippen molar-refractivity contribution >= 4 is 5.82 Å². The highest BCUT2D eigenvalue weighted by molar-refractivity contribution is 5.44. The molecule has 0 spiro atoms. The maximum absolute atomic E-state index is 12.8. The van der Waals surface area contributed by atoms with E-state index < -0.39 is 11.7 Å². The van der Waals surface area contributed by atoms with Crippen molar-refractivity contribution < 1.29 is 22.6 Å². The van der Waals surface area contributed by atoms with Gasteiger partial charge in [0, 0.05) is 31.6 Å². The van der Waals surface area contributed by atoms with Gasteiger partial charge in [0.2, 0.25) is 0 Å². The number of nitrogens with zero attached hydrogens (tertiary/aromatic N) is 2. The minimum Gasteiger partial charge on any atom is -0.490 e. The first-order chi connectivity index (χ1) is 13.8. The molecule has 2 unspecified atom stereocenters. The van der Waals surface area contributed by atoms with Crippen LogP contribution in [0.25, 0.3) is 0 Å². The summed E-state index contributed by atoms with van der Waals surface area (Å²) in [4.78, 5) is 6.06. The predicted molar refractivity (Wildman–Crippen MR) is 107 cm³/mol. The lowest BCUT2D eigenvalue weighted by molar-refractivity contribution is -0.137. The number of piperidine rings is 1. The van der Waals surface area contributed by atoms with Crippen LogP contribution in [-0.4, -0.2) is 30.3 Å². The molecule has 1 aliphatic rings. The van der Waals surface area contributed by atoms with Gasteiger partial charge in [-0.3, -0.25) is 0 Å². The number of benzene rings is 1. The Kier molecular flexibility index (Phi) is 6.55. The Labute approximate surface area is 169 Å². The van der Waals surface area contributed by atoms with Crippen LogP contribution < -0.4 is 14.4 Å². The highest BCUT2D eigenvalue weighted by Gasteiger charge is 2.32. The average Bonchev–Trinajstić information content (AvgIpc) is 2.68. The quantitative estimate of drug-likeness (QED) is 0.620. The van der Waals surface area contributed by atoms with Crippen LogP contribution in [0.4, 0.5) is 19.0 Å². The smallest absolute Gasteiger partial charge is 0.417 e. The van der Waals surface area contributed by atoms with Gasteiger partial charge < -0.3 is 14.4 Å². The molecular weight excluding hydrogens is 381 g/mol. The van der Waals surface area contributed by atoms with Crippen LogP contribution in [0.1, 0.15) is 44.2 Å². The van der Waals surface area contributed by atoms with E-state index in [4.69, 9.17) is 9.47 Å². The molecule has 2 heterocycles. The van der Waals surface area contributed by atoms with Crippen LogP contribution in [-0.2, 0) is 6.18 Å². The third-order valence-corrected chi connectivity index (χ3v) is 5.05. The third kappa shape index (κ3) is 5.34. The average molecular weight is 408 g/mol. The van der Waals surface area contributed by atoms with Gasteiger partial charge in [-0.15, -0.1) is 0 Å². The molecule has 1 aromatic carbocycles. The van der Waals surface area contributed by atoms with Crippen LogP contribution >= 0.6 is 0 Å². The fourth-order valence-corrected chi connectivity index (χ4v) is 3.52. The van der Waals surface area contributed by atoms with Crippen LogP contribution in [0.2, 0.25) is 0 Å². The summed E-state index contributed by atoms with van der Waals surface area (Å²) in [6.45, 7) is 7.41. The standard InChI is InChI=1S/C22H27F3N2O2/c1-4-11-28-20-12-15(2)5-7-19(20)29-18-9-10-27(16(3)13-18)21-8-6-17(14-26-21)22(23,24)25/h5-8,12,14,16,18H,4,9-11,13H2,1-3H3. The first-order valence-electron chi connectivity index (χ1n) is 9.98. The number of hydrogen-bond acceptors (Lipinski definition) is 4. The van der Waals surface area contributed by atoms with Gasteiger partial charge in [0.05, 0.1) is 12.2 Å². The lowest BCUT2D eigenvalue weighted by Gasteiger charge is -2.38. The monoisotopic (exact) mass is 408 g/mol. The van der Waals surface area contributed by atoms with Crippen LogP contribution in [0.3, 0.4) is 0 Å². The van der Waals surface area contributed by atoms with E-state index in [-0.39, 0.29) is 12.1 Å². The van der Waals surface area contributed by atoms with E-state index in [1.165, 1.54) is 6.07 Å². The first kappa shape index (κ1) is 21.3. The molecule has 1 saturated heterocycles. The SMILES string of the molecule is CCCOc1cc(C)ccc1OC1CCN(c2ccc(C(F)(F)F)cn2)C(C)C1. The minimum atomic E-state index is -4.37. The fourth-order valence-electron chi connectivity index (χ4n) is 3.52. The van der Waals surface area contributed by atoms with Gasteiger partial charge >= 0.3 is 6.18 Å². The summed E-state index contributed by atoms with van der Waals surface area (Å²) in [7, 11) is 0. The molecule has 1 aromatic heterocycles. The highest BCUT2D eigenvalue weighted by atomic mass is 19.4. The molecule has 1 fully saturated rings. The van der Waals surface area contributed by atoms with Crippen LogP contribution in [0.15, 0.2) is 36.5 Å². The molecule has 0 radical (unpaired) electrons. The third-order valence-electron chi connectivity index (χ3n) is 5.05. The maximum atomic E-state index is 12.8. The Bertz CT molecular complexity index is 809. The van der Waals surface area contributed by atoms with E-state index in [0.717, 1.165) is 48.6 Å². The van der Waals surface area contributed by atoms with Gasteiger partial charge in [0.25, 0.3) is 0 Å². The molecular formula is C22H27F3N2O2. The van der Waals surface area contributed by atoms with E-state index in [9.17, 15) is 13.2 Å². The van der Waals surface area contributed by atoms with Crippen molar-refractivity contribution in [3.63, 3.8) is 0 Å². The van der Waals surface area contributed by atoms with E-state index in [0.29, 0.717) is 19.0 Å². The molecule has 2 atom stereocenters. The first-order valence-corrected chi connectivity index (χ1v) is 9.98. The molecule has 4 nitrogen and oxygen atoms in total. The van der Waals surface area contributed by atoms with Crippen molar-refractivity contribution in [2.45, 2.75) is 58.4 Å².